The molecule has 4 heteroatoms. The quantitative estimate of drug-likeness (QED) is 0.153. The molecule has 4 nitrogen and oxygen atoms in total. The van der Waals surface area contributed by atoms with Crippen molar-refractivity contribution >= 4 is 43.6 Å². The smallest absolute Gasteiger partial charge is 0.0788 e. The van der Waals surface area contributed by atoms with Gasteiger partial charge in [-0.15, -0.1) is 0 Å². The summed E-state index contributed by atoms with van der Waals surface area (Å²) in [4.78, 5) is 10.7. The van der Waals surface area contributed by atoms with Gasteiger partial charge >= 0.3 is 0 Å². The van der Waals surface area contributed by atoms with E-state index >= 15 is 0 Å². The van der Waals surface area contributed by atoms with E-state index < -0.39 is 0 Å². The van der Waals surface area contributed by atoms with Gasteiger partial charge in [-0.1, -0.05) is 206 Å². The Bertz CT molecular complexity index is 3520. The van der Waals surface area contributed by atoms with Crippen LogP contribution in [0.4, 0.5) is 0 Å². The zero-order valence-corrected chi connectivity index (χ0v) is 37.0. The second-order valence-electron chi connectivity index (χ2n) is 17.3. The highest BCUT2D eigenvalue weighted by Gasteiger charge is 2.27. The van der Waals surface area contributed by atoms with Crippen LogP contribution in [0.3, 0.4) is 0 Å². The van der Waals surface area contributed by atoms with Gasteiger partial charge < -0.3 is 9.13 Å². The minimum Gasteiger partial charge on any atom is -0.307 e. The van der Waals surface area contributed by atoms with Gasteiger partial charge in [-0.3, -0.25) is 0 Å². The van der Waals surface area contributed by atoms with Crippen LogP contribution < -0.4 is 0 Å². The Hall–Kier alpha value is -9.12. The van der Waals surface area contributed by atoms with Crippen LogP contribution in [0, 0.1) is 0 Å². The molecule has 0 atom stereocenters. The molecule has 0 aliphatic carbocycles. The average Bonchev–Trinajstić information content (AvgIpc) is 3.94. The number of benzene rings is 9. The molecule has 0 aliphatic rings. The molecule has 0 spiro atoms. The van der Waals surface area contributed by atoms with Crippen LogP contribution in [0.1, 0.15) is 0 Å². The normalized spacial score (nSPS) is 11.5. The molecule has 4 heterocycles. The first-order valence-electron chi connectivity index (χ1n) is 23.2. The molecule has 0 bridgehead atoms. The van der Waals surface area contributed by atoms with Crippen molar-refractivity contribution in [1.29, 1.82) is 0 Å². The fourth-order valence-electron chi connectivity index (χ4n) is 10.2. The molecule has 0 fully saturated rings. The van der Waals surface area contributed by atoms with Gasteiger partial charge in [0, 0.05) is 54.9 Å². The minimum absolute atomic E-state index is 0.909. The second-order valence-corrected chi connectivity index (χ2v) is 17.3. The molecule has 0 radical (unpaired) electrons. The first kappa shape index (κ1) is 39.3. The van der Waals surface area contributed by atoms with Gasteiger partial charge in [-0.2, -0.15) is 0 Å². The van der Waals surface area contributed by atoms with E-state index in [2.05, 4.69) is 264 Å². The molecule has 13 aromatic rings. The third-order valence-electron chi connectivity index (χ3n) is 13.3. The molecule has 13 rings (SSSR count). The van der Waals surface area contributed by atoms with Crippen LogP contribution in [-0.4, -0.2) is 19.1 Å². The van der Waals surface area contributed by atoms with Gasteiger partial charge in [0.25, 0.3) is 0 Å². The molecule has 9 aromatic carbocycles. The van der Waals surface area contributed by atoms with Gasteiger partial charge in [0.1, 0.15) is 0 Å². The lowest BCUT2D eigenvalue weighted by Gasteiger charge is -2.25. The van der Waals surface area contributed by atoms with Crippen molar-refractivity contribution in [2.75, 3.05) is 0 Å². The van der Waals surface area contributed by atoms with Crippen LogP contribution >= 0.6 is 0 Å². The number of aromatic nitrogens is 4. The Morgan fingerprint density at radius 2 is 0.456 bits per heavy atom. The SMILES string of the molecule is c1ccc(-c2cc(-c3ccc(-c4cc(-c5ccccc5)nc(-c5ccccc5)c4)c(-n4c5ccccc5c5ccccc54)c3-n3c4ccccc4c4ccccc43)cc(-c3ccccc3)n2)cc1. The fourth-order valence-corrected chi connectivity index (χ4v) is 10.2. The summed E-state index contributed by atoms with van der Waals surface area (Å²) in [5.74, 6) is 0. The molecule has 0 unspecified atom stereocenters. The van der Waals surface area contributed by atoms with E-state index in [0.29, 0.717) is 0 Å². The molecule has 0 saturated heterocycles. The number of rotatable bonds is 8. The Kier molecular flexibility index (Phi) is 9.47. The maximum absolute atomic E-state index is 5.37. The topological polar surface area (TPSA) is 35.6 Å². The standard InChI is InChI=1S/C64H42N4/c1-5-21-43(22-6-1)55-39-47(40-56(65-55)44-23-7-2-8-24-44)49-37-38-50(48-41-57(45-25-9-3-10-26-45)66-58(42-48)46-27-11-4-12-28-46)64(68-61-35-19-15-31-53(61)54-32-16-20-36-62(54)68)63(49)67-59-33-17-13-29-51(59)52-30-14-18-34-60(52)67/h1-42H. The van der Waals surface area contributed by atoms with Crippen molar-refractivity contribution in [2.24, 2.45) is 0 Å². The van der Waals surface area contributed by atoms with Crippen LogP contribution in [0.5, 0.6) is 0 Å². The van der Waals surface area contributed by atoms with E-state index in [-0.39, 0.29) is 0 Å². The van der Waals surface area contributed by atoms with Crippen LogP contribution in [0.2, 0.25) is 0 Å². The third-order valence-corrected chi connectivity index (χ3v) is 13.3. The zero-order chi connectivity index (χ0) is 45.0. The molecular formula is C64H42N4. The molecule has 0 saturated carbocycles. The van der Waals surface area contributed by atoms with Crippen molar-refractivity contribution in [2.45, 2.75) is 0 Å². The fraction of sp³-hybridized carbons (Fsp3) is 0. The maximum Gasteiger partial charge on any atom is 0.0788 e. The summed E-state index contributed by atoms with van der Waals surface area (Å²) in [7, 11) is 0. The van der Waals surface area contributed by atoms with Crippen LogP contribution in [0.15, 0.2) is 255 Å². The lowest BCUT2D eigenvalue weighted by molar-refractivity contribution is 1.10. The number of hydrogen-bond acceptors (Lipinski definition) is 2. The maximum atomic E-state index is 5.37. The number of para-hydroxylation sites is 4. The van der Waals surface area contributed by atoms with E-state index in [9.17, 15) is 0 Å². The molecule has 4 aromatic heterocycles. The molecular weight excluding hydrogens is 825 g/mol. The van der Waals surface area contributed by atoms with E-state index in [0.717, 1.165) is 101 Å². The predicted octanol–water partition coefficient (Wildman–Crippen LogP) is 16.7. The second kappa shape index (κ2) is 16.4. The van der Waals surface area contributed by atoms with E-state index in [4.69, 9.17) is 9.97 Å². The lowest BCUT2D eigenvalue weighted by Crippen LogP contribution is -2.08. The van der Waals surface area contributed by atoms with Gasteiger partial charge in [0.2, 0.25) is 0 Å². The molecule has 68 heavy (non-hydrogen) atoms. The molecule has 0 N–H and O–H groups in total. The Balaban J connectivity index is 1.24. The van der Waals surface area contributed by atoms with E-state index in [1.54, 1.807) is 0 Å². The van der Waals surface area contributed by atoms with Crippen LogP contribution in [0.25, 0.3) is 122 Å². The Labute approximate surface area is 394 Å². The predicted molar refractivity (Wildman–Crippen MR) is 283 cm³/mol. The lowest BCUT2D eigenvalue weighted by atomic mass is 9.92. The van der Waals surface area contributed by atoms with Crippen molar-refractivity contribution in [3.63, 3.8) is 0 Å². The summed E-state index contributed by atoms with van der Waals surface area (Å²) in [5.41, 5.74) is 18.8. The largest absolute Gasteiger partial charge is 0.307 e. The summed E-state index contributed by atoms with van der Waals surface area (Å²) >= 11 is 0. The van der Waals surface area contributed by atoms with Crippen molar-refractivity contribution in [1.82, 2.24) is 19.1 Å². The summed E-state index contributed by atoms with van der Waals surface area (Å²) in [6.07, 6.45) is 0. The minimum atomic E-state index is 0.909. The van der Waals surface area contributed by atoms with Crippen molar-refractivity contribution < 1.29 is 0 Å². The van der Waals surface area contributed by atoms with E-state index in [1.165, 1.54) is 21.5 Å². The highest BCUT2D eigenvalue weighted by molar-refractivity contribution is 6.13. The first-order chi connectivity index (χ1) is 33.7. The van der Waals surface area contributed by atoms with Crippen LogP contribution in [-0.2, 0) is 0 Å². The van der Waals surface area contributed by atoms with Gasteiger partial charge in [0.15, 0.2) is 0 Å². The van der Waals surface area contributed by atoms with Gasteiger partial charge in [-0.05, 0) is 59.7 Å². The Morgan fingerprint density at radius 1 is 0.221 bits per heavy atom. The van der Waals surface area contributed by atoms with Gasteiger partial charge in [0.05, 0.1) is 56.2 Å². The molecule has 0 aliphatic heterocycles. The number of fused-ring (bicyclic) bond motifs is 6. The number of hydrogen-bond donors (Lipinski definition) is 0. The number of pyridine rings is 2. The third kappa shape index (κ3) is 6.61. The summed E-state index contributed by atoms with van der Waals surface area (Å²) in [6, 6.07) is 91.3. The molecule has 0 amide bonds. The van der Waals surface area contributed by atoms with Crippen molar-refractivity contribution in [3.8, 4) is 78.7 Å². The number of nitrogens with zero attached hydrogens (tertiary/aromatic N) is 4. The van der Waals surface area contributed by atoms with Gasteiger partial charge in [-0.25, -0.2) is 9.97 Å². The van der Waals surface area contributed by atoms with Crippen molar-refractivity contribution in [3.05, 3.63) is 255 Å². The van der Waals surface area contributed by atoms with E-state index in [1.807, 2.05) is 0 Å². The highest BCUT2D eigenvalue weighted by atomic mass is 15.1. The summed E-state index contributed by atoms with van der Waals surface area (Å²) in [6.45, 7) is 0. The summed E-state index contributed by atoms with van der Waals surface area (Å²) < 4.78 is 5.04. The summed E-state index contributed by atoms with van der Waals surface area (Å²) in [5, 5.41) is 4.77. The zero-order valence-electron chi connectivity index (χ0n) is 37.0. The monoisotopic (exact) mass is 866 g/mol. The Morgan fingerprint density at radius 3 is 0.721 bits per heavy atom. The highest BCUT2D eigenvalue weighted by Crippen LogP contribution is 2.47. The first-order valence-corrected chi connectivity index (χ1v) is 23.2. The average molecular weight is 867 g/mol. The molecule has 318 valence electrons.